The van der Waals surface area contributed by atoms with Crippen molar-refractivity contribution in [3.05, 3.63) is 50.8 Å². The Morgan fingerprint density at radius 3 is 2.79 bits per heavy atom. The molecule has 0 aliphatic carbocycles. The maximum absolute atomic E-state index is 13.9. The molecular formula is C29H38N6O3S. The van der Waals surface area contributed by atoms with Gasteiger partial charge in [-0.2, -0.15) is 5.10 Å². The molecule has 1 unspecified atom stereocenters. The van der Waals surface area contributed by atoms with Crippen LogP contribution in [0.1, 0.15) is 61.5 Å². The van der Waals surface area contributed by atoms with Crippen LogP contribution < -0.4 is 10.3 Å². The van der Waals surface area contributed by atoms with Crippen LogP contribution in [0.3, 0.4) is 0 Å². The van der Waals surface area contributed by atoms with E-state index in [1.54, 1.807) is 18.1 Å². The van der Waals surface area contributed by atoms with Gasteiger partial charge in [0.15, 0.2) is 0 Å². The Bertz CT molecular complexity index is 1470. The van der Waals surface area contributed by atoms with E-state index in [9.17, 15) is 9.59 Å². The van der Waals surface area contributed by atoms with Gasteiger partial charge in [-0.3, -0.25) is 23.9 Å². The van der Waals surface area contributed by atoms with E-state index < -0.39 is 0 Å². The van der Waals surface area contributed by atoms with Gasteiger partial charge in [0.25, 0.3) is 11.5 Å². The molecule has 1 amide bonds. The van der Waals surface area contributed by atoms with Gasteiger partial charge in [-0.25, -0.2) is 0 Å². The van der Waals surface area contributed by atoms with Gasteiger partial charge in [-0.1, -0.05) is 18.9 Å². The third kappa shape index (κ3) is 5.15. The SMILES string of the molecule is CCC1CC(CN2CCN(C(=O)c3cc4c(cc3C)[nH]c(=O)c3cnn(C5CCOCC5)c34)C[C@@H]2C)=CSN1. The molecule has 5 heterocycles. The summed E-state index contributed by atoms with van der Waals surface area (Å²) in [5.74, 6) is 0.0556. The summed E-state index contributed by atoms with van der Waals surface area (Å²) in [5, 5.41) is 8.31. The van der Waals surface area contributed by atoms with Crippen molar-refractivity contribution in [3.8, 4) is 0 Å². The summed E-state index contributed by atoms with van der Waals surface area (Å²) in [4.78, 5) is 34.3. The average Bonchev–Trinajstić information content (AvgIpc) is 3.40. The molecular weight excluding hydrogens is 512 g/mol. The summed E-state index contributed by atoms with van der Waals surface area (Å²) in [7, 11) is 0. The van der Waals surface area contributed by atoms with Crippen molar-refractivity contribution in [2.45, 2.75) is 64.6 Å². The van der Waals surface area contributed by atoms with Crippen LogP contribution in [0.15, 0.2) is 34.1 Å². The molecule has 0 radical (unpaired) electrons. The summed E-state index contributed by atoms with van der Waals surface area (Å²) in [6.45, 7) is 11.0. The molecule has 0 spiro atoms. The first-order chi connectivity index (χ1) is 18.9. The number of pyridine rings is 1. The molecule has 6 rings (SSSR count). The first-order valence-electron chi connectivity index (χ1n) is 14.2. The number of piperazine rings is 1. The van der Waals surface area contributed by atoms with Gasteiger partial charge in [0, 0.05) is 62.4 Å². The Hall–Kier alpha value is -2.66. The number of amides is 1. The molecule has 9 nitrogen and oxygen atoms in total. The lowest BCUT2D eigenvalue weighted by Crippen LogP contribution is -2.54. The number of rotatable bonds is 5. The number of carbonyl (C=O) groups is 1. The van der Waals surface area contributed by atoms with Gasteiger partial charge < -0.3 is 14.6 Å². The van der Waals surface area contributed by atoms with Crippen molar-refractivity contribution in [2.24, 2.45) is 0 Å². The third-order valence-corrected chi connectivity index (χ3v) is 9.52. The largest absolute Gasteiger partial charge is 0.381 e. The van der Waals surface area contributed by atoms with Crippen LogP contribution in [0, 0.1) is 6.92 Å². The number of benzene rings is 1. The van der Waals surface area contributed by atoms with Crippen molar-refractivity contribution < 1.29 is 9.53 Å². The zero-order valence-electron chi connectivity index (χ0n) is 23.0. The zero-order chi connectivity index (χ0) is 27.1. The van der Waals surface area contributed by atoms with Crippen LogP contribution in [0.4, 0.5) is 0 Å². The minimum absolute atomic E-state index is 0.0556. The summed E-state index contributed by atoms with van der Waals surface area (Å²) >= 11 is 1.71. The molecule has 2 N–H and O–H groups in total. The Balaban J connectivity index is 1.26. The first kappa shape index (κ1) is 26.6. The topological polar surface area (TPSA) is 95.5 Å². The van der Waals surface area contributed by atoms with E-state index in [1.165, 1.54) is 5.57 Å². The second-order valence-electron chi connectivity index (χ2n) is 11.3. The van der Waals surface area contributed by atoms with Crippen molar-refractivity contribution in [1.29, 1.82) is 0 Å². The highest BCUT2D eigenvalue weighted by molar-refractivity contribution is 8.00. The van der Waals surface area contributed by atoms with Crippen LogP contribution in [0.5, 0.6) is 0 Å². The highest BCUT2D eigenvalue weighted by Crippen LogP contribution is 2.31. The lowest BCUT2D eigenvalue weighted by atomic mass is 10.0. The molecule has 3 aliphatic heterocycles. The predicted octanol–water partition coefficient (Wildman–Crippen LogP) is 3.99. The molecule has 39 heavy (non-hydrogen) atoms. The fraction of sp³-hybridized carbons (Fsp3) is 0.552. The van der Waals surface area contributed by atoms with Gasteiger partial charge in [0.2, 0.25) is 0 Å². The van der Waals surface area contributed by atoms with Gasteiger partial charge >= 0.3 is 0 Å². The quantitative estimate of drug-likeness (QED) is 0.464. The lowest BCUT2D eigenvalue weighted by Gasteiger charge is -2.41. The van der Waals surface area contributed by atoms with Gasteiger partial charge in [-0.15, -0.1) is 0 Å². The Labute approximate surface area is 233 Å². The minimum Gasteiger partial charge on any atom is -0.381 e. The zero-order valence-corrected chi connectivity index (χ0v) is 23.9. The van der Waals surface area contributed by atoms with Gasteiger partial charge in [0.05, 0.1) is 28.7 Å². The molecule has 0 saturated carbocycles. The molecule has 1 aromatic carbocycles. The number of aryl methyl sites for hydroxylation is 1. The number of aromatic amines is 1. The van der Waals surface area contributed by atoms with Crippen LogP contribution in [-0.4, -0.2) is 81.9 Å². The second kappa shape index (κ2) is 11.1. The number of nitrogens with zero attached hydrogens (tertiary/aromatic N) is 4. The number of fused-ring (bicyclic) bond motifs is 3. The molecule has 208 valence electrons. The van der Waals surface area contributed by atoms with E-state index in [0.717, 1.165) is 60.8 Å². The van der Waals surface area contributed by atoms with Crippen LogP contribution >= 0.6 is 11.9 Å². The maximum atomic E-state index is 13.9. The fourth-order valence-corrected chi connectivity index (χ4v) is 7.07. The van der Waals surface area contributed by atoms with Gasteiger partial charge in [0.1, 0.15) is 0 Å². The summed E-state index contributed by atoms with van der Waals surface area (Å²) < 4.78 is 11.0. The maximum Gasteiger partial charge on any atom is 0.259 e. The molecule has 3 aromatic rings. The summed E-state index contributed by atoms with van der Waals surface area (Å²) in [5.41, 5.74) is 4.45. The van der Waals surface area contributed by atoms with Crippen molar-refractivity contribution in [2.75, 3.05) is 39.4 Å². The molecule has 2 saturated heterocycles. The number of carbonyl (C=O) groups excluding carboxylic acids is 1. The normalized spacial score (nSPS) is 23.5. The van der Waals surface area contributed by atoms with Gasteiger partial charge in [-0.05, 0) is 68.2 Å². The number of nitrogens with one attached hydrogen (secondary N) is 2. The predicted molar refractivity (Wildman–Crippen MR) is 156 cm³/mol. The van der Waals surface area contributed by atoms with E-state index in [-0.39, 0.29) is 23.6 Å². The highest BCUT2D eigenvalue weighted by Gasteiger charge is 2.30. The number of hydrogen-bond acceptors (Lipinski definition) is 7. The molecule has 2 atom stereocenters. The van der Waals surface area contributed by atoms with Crippen molar-refractivity contribution >= 4 is 39.7 Å². The standard InChI is InChI=1S/C29H38N6O3S/c1-4-21-12-20(17-39-32-21)16-33-7-8-34(15-19(33)3)29(37)23-13-24-26(11-18(23)2)31-28(36)25-14-30-35(27(24)25)22-5-9-38-10-6-22/h11,13-14,17,19,21-22,32H,4-10,12,15-16H2,1-3H3,(H,31,36)/t19-,21?/m0/s1. The monoisotopic (exact) mass is 550 g/mol. The van der Waals surface area contributed by atoms with E-state index in [4.69, 9.17) is 4.74 Å². The van der Waals surface area contributed by atoms with E-state index in [2.05, 4.69) is 39.0 Å². The highest BCUT2D eigenvalue weighted by atomic mass is 32.2. The van der Waals surface area contributed by atoms with E-state index in [1.807, 2.05) is 28.6 Å². The molecule has 2 aromatic heterocycles. The second-order valence-corrected chi connectivity index (χ2v) is 12.0. The number of ether oxygens (including phenoxy) is 1. The smallest absolute Gasteiger partial charge is 0.259 e. The third-order valence-electron chi connectivity index (χ3n) is 8.60. The molecule has 10 heteroatoms. The lowest BCUT2D eigenvalue weighted by molar-refractivity contribution is 0.0535. The fourth-order valence-electron chi connectivity index (χ4n) is 6.23. The molecule has 0 bridgehead atoms. The first-order valence-corrected chi connectivity index (χ1v) is 15.0. The summed E-state index contributed by atoms with van der Waals surface area (Å²) in [6, 6.07) is 4.91. The van der Waals surface area contributed by atoms with Crippen molar-refractivity contribution in [1.82, 2.24) is 29.3 Å². The minimum atomic E-state index is -0.147. The van der Waals surface area contributed by atoms with E-state index >= 15 is 0 Å². The average molecular weight is 551 g/mol. The van der Waals surface area contributed by atoms with Crippen LogP contribution in [0.25, 0.3) is 21.8 Å². The van der Waals surface area contributed by atoms with Crippen molar-refractivity contribution in [3.63, 3.8) is 0 Å². The Morgan fingerprint density at radius 2 is 2.03 bits per heavy atom. The molecule has 2 fully saturated rings. The van der Waals surface area contributed by atoms with Crippen LogP contribution in [-0.2, 0) is 4.74 Å². The number of aromatic nitrogens is 3. The Morgan fingerprint density at radius 1 is 1.21 bits per heavy atom. The summed E-state index contributed by atoms with van der Waals surface area (Å²) in [6.07, 6.45) is 5.59. The Kier molecular flexibility index (Phi) is 7.54. The number of H-pyrrole nitrogens is 1. The number of hydrogen-bond donors (Lipinski definition) is 2. The van der Waals surface area contributed by atoms with Crippen LogP contribution in [0.2, 0.25) is 0 Å². The van der Waals surface area contributed by atoms with E-state index in [0.29, 0.717) is 43.3 Å². The molecule has 3 aliphatic rings.